The van der Waals surface area contributed by atoms with E-state index in [9.17, 15) is 4.79 Å². The predicted molar refractivity (Wildman–Crippen MR) is 66.8 cm³/mol. The van der Waals surface area contributed by atoms with Crippen molar-refractivity contribution in [2.24, 2.45) is 0 Å². The predicted octanol–water partition coefficient (Wildman–Crippen LogP) is 2.99. The van der Waals surface area contributed by atoms with Crippen LogP contribution in [0.3, 0.4) is 0 Å². The maximum Gasteiger partial charge on any atom is 0.188 e. The van der Waals surface area contributed by atoms with Gasteiger partial charge < -0.3 is 4.98 Å². The summed E-state index contributed by atoms with van der Waals surface area (Å²) in [4.78, 5) is 15.1. The lowest BCUT2D eigenvalue weighted by Gasteiger charge is -2.05. The first-order valence-corrected chi connectivity index (χ1v) is 5.27. The van der Waals surface area contributed by atoms with Crippen LogP contribution in [0.15, 0.2) is 47.4 Å². The highest BCUT2D eigenvalue weighted by atomic mass is 16.1. The van der Waals surface area contributed by atoms with E-state index in [1.165, 1.54) is 0 Å². The van der Waals surface area contributed by atoms with E-state index in [0.717, 1.165) is 27.2 Å². The van der Waals surface area contributed by atoms with E-state index in [0.29, 0.717) is 0 Å². The van der Waals surface area contributed by atoms with E-state index in [4.69, 9.17) is 0 Å². The number of hydrogen-bond acceptors (Lipinski definition) is 1. The summed E-state index contributed by atoms with van der Waals surface area (Å²) in [7, 11) is 0. The van der Waals surface area contributed by atoms with Crippen molar-refractivity contribution in [1.29, 1.82) is 0 Å². The minimum Gasteiger partial charge on any atom is -0.361 e. The van der Waals surface area contributed by atoms with E-state index in [-0.39, 0.29) is 5.43 Å². The van der Waals surface area contributed by atoms with Crippen molar-refractivity contribution >= 4 is 21.7 Å². The van der Waals surface area contributed by atoms with Gasteiger partial charge in [-0.15, -0.1) is 0 Å². The van der Waals surface area contributed by atoms with E-state index >= 15 is 0 Å². The van der Waals surface area contributed by atoms with Crippen LogP contribution in [-0.4, -0.2) is 4.98 Å². The molecule has 1 N–H and O–H groups in total. The molecule has 2 heteroatoms. The molecule has 0 amide bonds. The van der Waals surface area contributed by atoms with Crippen LogP contribution in [0.5, 0.6) is 0 Å². The number of H-pyrrole nitrogens is 1. The molecular formula is C14H11NO. The summed E-state index contributed by atoms with van der Waals surface area (Å²) >= 11 is 0. The van der Waals surface area contributed by atoms with Crippen molar-refractivity contribution < 1.29 is 0 Å². The molecule has 16 heavy (non-hydrogen) atoms. The molecule has 1 aromatic heterocycles. The van der Waals surface area contributed by atoms with E-state index < -0.39 is 0 Å². The smallest absolute Gasteiger partial charge is 0.188 e. The number of rotatable bonds is 0. The molecule has 0 saturated heterocycles. The fraction of sp³-hybridized carbons (Fsp3) is 0.0714. The first-order chi connectivity index (χ1) is 7.77. The molecule has 0 unspecified atom stereocenters. The molecule has 0 aliphatic heterocycles. The lowest BCUT2D eigenvalue weighted by atomic mass is 10.0. The standard InChI is InChI=1S/C14H11NO/c1-9-8-10-4-3-7-15-14(10)13-11(9)5-2-6-12(13)16/h2-8,15H,1H3. The number of aromatic nitrogens is 1. The van der Waals surface area contributed by atoms with Crippen molar-refractivity contribution in [2.75, 3.05) is 0 Å². The van der Waals surface area contributed by atoms with Gasteiger partial charge in [-0.2, -0.15) is 0 Å². The lowest BCUT2D eigenvalue weighted by molar-refractivity contribution is 1.41. The Bertz CT molecular complexity index is 740. The SMILES string of the molecule is Cc1cc2ccc[nH]c2c2c(=O)cccc12. The summed E-state index contributed by atoms with van der Waals surface area (Å²) in [5.74, 6) is 0. The Balaban J connectivity index is 2.73. The molecule has 0 aliphatic carbocycles. The maximum atomic E-state index is 11.9. The molecule has 2 aromatic carbocycles. The number of hydrogen-bond donors (Lipinski definition) is 1. The molecule has 2 nitrogen and oxygen atoms in total. The second-order valence-electron chi connectivity index (χ2n) is 4.01. The van der Waals surface area contributed by atoms with Gasteiger partial charge in [0.15, 0.2) is 5.43 Å². The number of fused-ring (bicyclic) bond motifs is 3. The minimum atomic E-state index is 0.0775. The quantitative estimate of drug-likeness (QED) is 0.567. The normalized spacial score (nSPS) is 11.1. The van der Waals surface area contributed by atoms with Crippen molar-refractivity contribution in [3.05, 3.63) is 58.4 Å². The highest BCUT2D eigenvalue weighted by molar-refractivity contribution is 6.06. The molecule has 0 saturated carbocycles. The van der Waals surface area contributed by atoms with E-state index in [2.05, 4.69) is 11.1 Å². The van der Waals surface area contributed by atoms with Crippen LogP contribution in [0.25, 0.3) is 21.7 Å². The summed E-state index contributed by atoms with van der Waals surface area (Å²) < 4.78 is 0. The lowest BCUT2D eigenvalue weighted by Crippen LogP contribution is -2.00. The van der Waals surface area contributed by atoms with Gasteiger partial charge in [0.2, 0.25) is 0 Å². The summed E-state index contributed by atoms with van der Waals surface area (Å²) in [5, 5.41) is 2.90. The molecule has 0 aliphatic rings. The molecule has 78 valence electrons. The molecule has 0 fully saturated rings. The van der Waals surface area contributed by atoms with Gasteiger partial charge in [-0.25, -0.2) is 0 Å². The number of aromatic amines is 1. The fourth-order valence-corrected chi connectivity index (χ4v) is 2.22. The van der Waals surface area contributed by atoms with E-state index in [1.54, 1.807) is 6.07 Å². The van der Waals surface area contributed by atoms with Crippen LogP contribution in [0, 0.1) is 6.92 Å². The highest BCUT2D eigenvalue weighted by Crippen LogP contribution is 2.23. The van der Waals surface area contributed by atoms with Crippen molar-refractivity contribution in [3.63, 3.8) is 0 Å². The molecule has 0 radical (unpaired) electrons. The van der Waals surface area contributed by atoms with Crippen LogP contribution < -0.4 is 5.43 Å². The Morgan fingerprint density at radius 3 is 2.88 bits per heavy atom. The molecular weight excluding hydrogens is 198 g/mol. The number of nitrogens with one attached hydrogen (secondary N) is 1. The molecule has 0 bridgehead atoms. The number of benzene rings is 2. The Hall–Kier alpha value is -2.09. The second kappa shape index (κ2) is 3.20. The minimum absolute atomic E-state index is 0.0775. The molecule has 0 spiro atoms. The summed E-state index contributed by atoms with van der Waals surface area (Å²) in [6.45, 7) is 2.04. The van der Waals surface area contributed by atoms with Gasteiger partial charge >= 0.3 is 0 Å². The van der Waals surface area contributed by atoms with Gasteiger partial charge in [-0.05, 0) is 41.5 Å². The third-order valence-corrected chi connectivity index (χ3v) is 2.96. The zero-order valence-corrected chi connectivity index (χ0v) is 8.95. The van der Waals surface area contributed by atoms with Crippen molar-refractivity contribution in [3.8, 4) is 0 Å². The molecule has 3 aromatic rings. The zero-order valence-electron chi connectivity index (χ0n) is 8.95. The largest absolute Gasteiger partial charge is 0.361 e. The van der Waals surface area contributed by atoms with Crippen LogP contribution in [0.4, 0.5) is 0 Å². The van der Waals surface area contributed by atoms with Crippen LogP contribution in [0.2, 0.25) is 0 Å². The first kappa shape index (κ1) is 9.16. The summed E-state index contributed by atoms with van der Waals surface area (Å²) in [6.07, 6.45) is 1.85. The zero-order chi connectivity index (χ0) is 11.1. The summed E-state index contributed by atoms with van der Waals surface area (Å²) in [5.41, 5.74) is 2.14. The third-order valence-electron chi connectivity index (χ3n) is 2.96. The highest BCUT2D eigenvalue weighted by Gasteiger charge is 2.06. The van der Waals surface area contributed by atoms with Gasteiger partial charge in [0.25, 0.3) is 0 Å². The van der Waals surface area contributed by atoms with Crippen LogP contribution in [0.1, 0.15) is 5.56 Å². The average Bonchev–Trinajstić information content (AvgIpc) is 2.30. The Labute approximate surface area is 92.5 Å². The maximum absolute atomic E-state index is 11.9. The van der Waals surface area contributed by atoms with Crippen LogP contribution >= 0.6 is 0 Å². The molecule has 1 heterocycles. The second-order valence-corrected chi connectivity index (χ2v) is 4.01. The molecule has 0 atom stereocenters. The van der Waals surface area contributed by atoms with Gasteiger partial charge in [-0.3, -0.25) is 4.79 Å². The molecule has 3 rings (SSSR count). The van der Waals surface area contributed by atoms with Gasteiger partial charge in [0.1, 0.15) is 0 Å². The van der Waals surface area contributed by atoms with E-state index in [1.807, 2.05) is 37.4 Å². The Morgan fingerprint density at radius 2 is 2.00 bits per heavy atom. The third kappa shape index (κ3) is 1.16. The van der Waals surface area contributed by atoms with Gasteiger partial charge in [-0.1, -0.05) is 18.2 Å². The van der Waals surface area contributed by atoms with Crippen LogP contribution in [-0.2, 0) is 0 Å². The Kier molecular flexibility index (Phi) is 1.83. The fourth-order valence-electron chi connectivity index (χ4n) is 2.22. The van der Waals surface area contributed by atoms with Gasteiger partial charge in [0, 0.05) is 6.20 Å². The van der Waals surface area contributed by atoms with Crippen molar-refractivity contribution in [1.82, 2.24) is 4.98 Å². The first-order valence-electron chi connectivity index (χ1n) is 5.27. The Morgan fingerprint density at radius 1 is 1.12 bits per heavy atom. The summed E-state index contributed by atoms with van der Waals surface area (Å²) in [6, 6.07) is 11.5. The monoisotopic (exact) mass is 209 g/mol. The number of pyridine rings is 1. The number of aryl methyl sites for hydroxylation is 1. The van der Waals surface area contributed by atoms with Gasteiger partial charge in [0.05, 0.1) is 10.9 Å². The average molecular weight is 209 g/mol. The topological polar surface area (TPSA) is 32.9 Å². The van der Waals surface area contributed by atoms with Crippen molar-refractivity contribution in [2.45, 2.75) is 6.92 Å².